The highest BCUT2D eigenvalue weighted by Crippen LogP contribution is 2.31. The molecule has 0 fully saturated rings. The molecule has 3 aromatic carbocycles. The van der Waals surface area contributed by atoms with Gasteiger partial charge in [0, 0.05) is 17.2 Å². The van der Waals surface area contributed by atoms with Crippen molar-refractivity contribution in [3.05, 3.63) is 108 Å². The van der Waals surface area contributed by atoms with Crippen molar-refractivity contribution in [2.45, 2.75) is 19.6 Å². The summed E-state index contributed by atoms with van der Waals surface area (Å²) in [5.41, 5.74) is 2.85. The number of ether oxygens (including phenoxy) is 2. The molecule has 0 radical (unpaired) electrons. The maximum Gasteiger partial charge on any atom is 0.276 e. The molecule has 4 nitrogen and oxygen atoms in total. The van der Waals surface area contributed by atoms with Crippen molar-refractivity contribution in [1.29, 1.82) is 0 Å². The number of hydrogen-bond donors (Lipinski definition) is 0. The lowest BCUT2D eigenvalue weighted by molar-refractivity contribution is 0.151. The molecule has 1 heterocycles. The van der Waals surface area contributed by atoms with Gasteiger partial charge in [-0.1, -0.05) is 78.9 Å². The van der Waals surface area contributed by atoms with E-state index in [4.69, 9.17) is 9.47 Å². The second-order valence-electron chi connectivity index (χ2n) is 6.87. The minimum atomic E-state index is -2.56. The van der Waals surface area contributed by atoms with Gasteiger partial charge in [0.25, 0.3) is 12.3 Å². The summed E-state index contributed by atoms with van der Waals surface area (Å²) < 4.78 is 38.0. The lowest BCUT2D eigenvalue weighted by atomic mass is 10.1. The van der Waals surface area contributed by atoms with Crippen LogP contribution in [0.1, 0.15) is 23.1 Å². The third kappa shape index (κ3) is 5.42. The molecule has 156 valence electrons. The van der Waals surface area contributed by atoms with Gasteiger partial charge in [-0.2, -0.15) is 0 Å². The molecule has 1 aromatic heterocycles. The molecule has 0 amide bonds. The Bertz CT molecular complexity index is 1120. The van der Waals surface area contributed by atoms with Crippen LogP contribution in [0.3, 0.4) is 0 Å². The summed E-state index contributed by atoms with van der Waals surface area (Å²) in [7, 11) is 0. The van der Waals surface area contributed by atoms with Crippen LogP contribution in [-0.4, -0.2) is 10.2 Å². The summed E-state index contributed by atoms with van der Waals surface area (Å²) in [6.07, 6.45) is -2.56. The Morgan fingerprint density at radius 3 is 1.97 bits per heavy atom. The first-order valence-corrected chi connectivity index (χ1v) is 9.79. The molecule has 0 N–H and O–H groups in total. The molecule has 0 unspecified atom stereocenters. The van der Waals surface area contributed by atoms with E-state index in [1.807, 2.05) is 60.7 Å². The summed E-state index contributed by atoms with van der Waals surface area (Å²) in [5, 5.41) is 8.35. The van der Waals surface area contributed by atoms with Crippen LogP contribution in [-0.2, 0) is 13.2 Å². The minimum absolute atomic E-state index is 0.0736. The normalized spacial score (nSPS) is 10.8. The van der Waals surface area contributed by atoms with Crippen LogP contribution in [0.2, 0.25) is 0 Å². The standard InChI is InChI=1S/C25H20F2N2O2/c26-24(27)21-13-7-12-20(14-21)22-15-23(30-16-18-8-3-1-4-9-18)25(29-28-22)31-17-19-10-5-2-6-11-19/h1-15,24H,16-17H2. The molecule has 0 aliphatic rings. The second-order valence-corrected chi connectivity index (χ2v) is 6.87. The average molecular weight is 418 g/mol. The predicted octanol–water partition coefficient (Wildman–Crippen LogP) is 6.24. The number of benzene rings is 3. The molecule has 4 rings (SSSR count). The highest BCUT2D eigenvalue weighted by Gasteiger charge is 2.14. The fourth-order valence-corrected chi connectivity index (χ4v) is 3.00. The summed E-state index contributed by atoms with van der Waals surface area (Å²) in [6.45, 7) is 0.613. The van der Waals surface area contributed by atoms with Crippen molar-refractivity contribution in [3.63, 3.8) is 0 Å². The maximum atomic E-state index is 13.1. The van der Waals surface area contributed by atoms with E-state index in [-0.39, 0.29) is 11.4 Å². The fraction of sp³-hybridized carbons (Fsp3) is 0.120. The second kappa shape index (κ2) is 9.80. The molecular formula is C25H20F2N2O2. The summed E-state index contributed by atoms with van der Waals surface area (Å²) in [6, 6.07) is 27.1. The third-order valence-electron chi connectivity index (χ3n) is 4.62. The zero-order valence-electron chi connectivity index (χ0n) is 16.6. The van der Waals surface area contributed by atoms with Crippen molar-refractivity contribution in [2.24, 2.45) is 0 Å². The van der Waals surface area contributed by atoms with E-state index in [9.17, 15) is 8.78 Å². The van der Waals surface area contributed by atoms with Crippen LogP contribution in [0.5, 0.6) is 11.6 Å². The predicted molar refractivity (Wildman–Crippen MR) is 114 cm³/mol. The molecule has 0 saturated heterocycles. The fourth-order valence-electron chi connectivity index (χ4n) is 3.00. The van der Waals surface area contributed by atoms with E-state index < -0.39 is 6.43 Å². The van der Waals surface area contributed by atoms with Crippen molar-refractivity contribution < 1.29 is 18.3 Å². The minimum Gasteiger partial charge on any atom is -0.483 e. The van der Waals surface area contributed by atoms with Gasteiger partial charge in [0.15, 0.2) is 5.75 Å². The van der Waals surface area contributed by atoms with E-state index in [0.717, 1.165) is 11.1 Å². The van der Waals surface area contributed by atoms with E-state index in [1.165, 1.54) is 12.1 Å². The molecule has 6 heteroatoms. The van der Waals surface area contributed by atoms with E-state index >= 15 is 0 Å². The first-order valence-electron chi connectivity index (χ1n) is 9.79. The van der Waals surface area contributed by atoms with Crippen LogP contribution in [0.15, 0.2) is 91.0 Å². The first-order chi connectivity index (χ1) is 15.2. The Balaban J connectivity index is 1.61. The quantitative estimate of drug-likeness (QED) is 0.340. The SMILES string of the molecule is FC(F)c1cccc(-c2cc(OCc3ccccc3)c(OCc3ccccc3)nn2)c1. The highest BCUT2D eigenvalue weighted by atomic mass is 19.3. The highest BCUT2D eigenvalue weighted by molar-refractivity contribution is 5.62. The summed E-state index contributed by atoms with van der Waals surface area (Å²) in [4.78, 5) is 0. The molecule has 0 atom stereocenters. The smallest absolute Gasteiger partial charge is 0.276 e. The lowest BCUT2D eigenvalue weighted by Gasteiger charge is -2.13. The Kier molecular flexibility index (Phi) is 6.47. The molecule has 0 spiro atoms. The van der Waals surface area contributed by atoms with Crippen molar-refractivity contribution in [3.8, 4) is 22.9 Å². The number of aromatic nitrogens is 2. The number of alkyl halides is 2. The van der Waals surface area contributed by atoms with Gasteiger partial charge < -0.3 is 9.47 Å². The van der Waals surface area contributed by atoms with Gasteiger partial charge in [-0.15, -0.1) is 10.2 Å². The van der Waals surface area contributed by atoms with Gasteiger partial charge in [-0.25, -0.2) is 8.78 Å². The van der Waals surface area contributed by atoms with Crippen LogP contribution < -0.4 is 9.47 Å². The summed E-state index contributed by atoms with van der Waals surface area (Å²) >= 11 is 0. The van der Waals surface area contributed by atoms with Crippen LogP contribution in [0.25, 0.3) is 11.3 Å². The van der Waals surface area contributed by atoms with Gasteiger partial charge in [-0.3, -0.25) is 0 Å². The zero-order chi connectivity index (χ0) is 21.5. The number of hydrogen-bond acceptors (Lipinski definition) is 4. The lowest BCUT2D eigenvalue weighted by Crippen LogP contribution is -2.04. The Morgan fingerprint density at radius 2 is 1.32 bits per heavy atom. The van der Waals surface area contributed by atoms with Crippen molar-refractivity contribution in [1.82, 2.24) is 10.2 Å². The molecule has 0 aliphatic heterocycles. The van der Waals surface area contributed by atoms with Crippen molar-refractivity contribution >= 4 is 0 Å². The van der Waals surface area contributed by atoms with E-state index in [1.54, 1.807) is 18.2 Å². The summed E-state index contributed by atoms with van der Waals surface area (Å²) in [5.74, 6) is 0.640. The van der Waals surface area contributed by atoms with Crippen LogP contribution in [0, 0.1) is 0 Å². The third-order valence-corrected chi connectivity index (χ3v) is 4.62. The Labute approximate surface area is 179 Å². The van der Waals surface area contributed by atoms with E-state index in [0.29, 0.717) is 30.2 Å². The topological polar surface area (TPSA) is 44.2 Å². The number of nitrogens with zero attached hydrogens (tertiary/aromatic N) is 2. The van der Waals surface area contributed by atoms with Gasteiger partial charge in [0.05, 0.1) is 5.69 Å². The van der Waals surface area contributed by atoms with Crippen LogP contribution >= 0.6 is 0 Å². The zero-order valence-corrected chi connectivity index (χ0v) is 16.6. The van der Waals surface area contributed by atoms with Gasteiger partial charge in [-0.05, 0) is 17.2 Å². The first kappa shape index (κ1) is 20.5. The molecular weight excluding hydrogens is 398 g/mol. The number of halogens is 2. The molecule has 0 saturated carbocycles. The number of rotatable bonds is 8. The van der Waals surface area contributed by atoms with Gasteiger partial charge in [0.1, 0.15) is 13.2 Å². The average Bonchev–Trinajstić information content (AvgIpc) is 2.83. The largest absolute Gasteiger partial charge is 0.483 e. The Hall–Kier alpha value is -3.80. The molecule has 0 aliphatic carbocycles. The van der Waals surface area contributed by atoms with Gasteiger partial charge in [0.2, 0.25) is 0 Å². The molecule has 0 bridgehead atoms. The molecule has 31 heavy (non-hydrogen) atoms. The monoisotopic (exact) mass is 418 g/mol. The molecule has 4 aromatic rings. The van der Waals surface area contributed by atoms with Crippen molar-refractivity contribution in [2.75, 3.05) is 0 Å². The van der Waals surface area contributed by atoms with E-state index in [2.05, 4.69) is 10.2 Å². The maximum absolute atomic E-state index is 13.1. The van der Waals surface area contributed by atoms with Crippen LogP contribution in [0.4, 0.5) is 8.78 Å². The van der Waals surface area contributed by atoms with Gasteiger partial charge >= 0.3 is 0 Å². The Morgan fingerprint density at radius 1 is 0.677 bits per heavy atom.